The number of fused-ring (bicyclic) bond motifs is 1. The number of benzene rings is 1. The van der Waals surface area contributed by atoms with E-state index in [4.69, 9.17) is 0 Å². The standard InChI is InChI=1S/C22H26N4O2/c1-22(2,3)13-18(15-7-6-12-23-14-15)25-20(27)11-10-19-24-17-9-5-4-8-16(17)21(28)26-19/h4-9,12,14,18H,10-11,13H2,1-3H3,(H,25,27)(H,24,26,28). The van der Waals surface area contributed by atoms with E-state index in [-0.39, 0.29) is 29.3 Å². The molecule has 0 aliphatic carbocycles. The number of carbonyl (C=O) groups is 1. The van der Waals surface area contributed by atoms with Gasteiger partial charge in [0, 0.05) is 25.2 Å². The van der Waals surface area contributed by atoms with Crippen molar-refractivity contribution in [2.24, 2.45) is 5.41 Å². The third-order valence-corrected chi connectivity index (χ3v) is 4.49. The maximum absolute atomic E-state index is 12.6. The summed E-state index contributed by atoms with van der Waals surface area (Å²) >= 11 is 0. The number of para-hydroxylation sites is 1. The Labute approximate surface area is 164 Å². The number of hydrogen-bond acceptors (Lipinski definition) is 4. The van der Waals surface area contributed by atoms with Gasteiger partial charge in [0.15, 0.2) is 0 Å². The van der Waals surface area contributed by atoms with Crippen LogP contribution >= 0.6 is 0 Å². The molecule has 1 atom stereocenters. The van der Waals surface area contributed by atoms with Crippen LogP contribution in [0.1, 0.15) is 51.0 Å². The Morgan fingerprint density at radius 2 is 1.96 bits per heavy atom. The zero-order chi connectivity index (χ0) is 20.1. The van der Waals surface area contributed by atoms with E-state index in [1.54, 1.807) is 30.6 Å². The van der Waals surface area contributed by atoms with E-state index < -0.39 is 0 Å². The Kier molecular flexibility index (Phi) is 5.87. The van der Waals surface area contributed by atoms with E-state index in [9.17, 15) is 9.59 Å². The van der Waals surface area contributed by atoms with Gasteiger partial charge in [0.2, 0.25) is 5.91 Å². The zero-order valence-electron chi connectivity index (χ0n) is 16.5. The molecule has 0 fully saturated rings. The zero-order valence-corrected chi connectivity index (χ0v) is 16.5. The number of aryl methyl sites for hydroxylation is 1. The lowest BCUT2D eigenvalue weighted by Gasteiger charge is -2.27. The molecule has 1 unspecified atom stereocenters. The number of aromatic amines is 1. The number of amides is 1. The van der Waals surface area contributed by atoms with Gasteiger partial charge in [0.1, 0.15) is 5.82 Å². The minimum Gasteiger partial charge on any atom is -0.349 e. The van der Waals surface area contributed by atoms with Gasteiger partial charge in [-0.2, -0.15) is 0 Å². The molecule has 0 bridgehead atoms. The summed E-state index contributed by atoms with van der Waals surface area (Å²) < 4.78 is 0. The maximum atomic E-state index is 12.6. The largest absolute Gasteiger partial charge is 0.349 e. The highest BCUT2D eigenvalue weighted by atomic mass is 16.1. The molecule has 2 aromatic heterocycles. The maximum Gasteiger partial charge on any atom is 0.258 e. The van der Waals surface area contributed by atoms with Crippen molar-refractivity contribution >= 4 is 16.8 Å². The van der Waals surface area contributed by atoms with Crippen molar-refractivity contribution in [2.75, 3.05) is 0 Å². The average Bonchev–Trinajstić information content (AvgIpc) is 2.66. The molecule has 6 nitrogen and oxygen atoms in total. The molecule has 2 heterocycles. The molecule has 0 saturated carbocycles. The summed E-state index contributed by atoms with van der Waals surface area (Å²) in [6, 6.07) is 10.9. The van der Waals surface area contributed by atoms with Crippen molar-refractivity contribution in [3.63, 3.8) is 0 Å². The minimum atomic E-state index is -0.179. The van der Waals surface area contributed by atoms with Crippen molar-refractivity contribution in [2.45, 2.75) is 46.1 Å². The van der Waals surface area contributed by atoms with Crippen molar-refractivity contribution < 1.29 is 4.79 Å². The predicted molar refractivity (Wildman–Crippen MR) is 110 cm³/mol. The molecule has 6 heteroatoms. The number of H-pyrrole nitrogens is 1. The molecule has 0 spiro atoms. The molecule has 146 valence electrons. The molecule has 28 heavy (non-hydrogen) atoms. The Balaban J connectivity index is 1.69. The number of aromatic nitrogens is 3. The van der Waals surface area contributed by atoms with Gasteiger partial charge in [-0.25, -0.2) is 4.98 Å². The Bertz CT molecular complexity index is 1010. The Hall–Kier alpha value is -3.02. The van der Waals surface area contributed by atoms with Crippen LogP contribution in [0.3, 0.4) is 0 Å². The second-order valence-electron chi connectivity index (χ2n) is 8.20. The fraction of sp³-hybridized carbons (Fsp3) is 0.364. The van der Waals surface area contributed by atoms with Crippen LogP contribution in [-0.4, -0.2) is 20.9 Å². The van der Waals surface area contributed by atoms with Crippen molar-refractivity contribution in [1.29, 1.82) is 0 Å². The van der Waals surface area contributed by atoms with Gasteiger partial charge >= 0.3 is 0 Å². The lowest BCUT2D eigenvalue weighted by molar-refractivity contribution is -0.122. The monoisotopic (exact) mass is 378 g/mol. The smallest absolute Gasteiger partial charge is 0.258 e. The lowest BCUT2D eigenvalue weighted by Crippen LogP contribution is -2.31. The van der Waals surface area contributed by atoms with Crippen LogP contribution in [0.5, 0.6) is 0 Å². The number of nitrogens with one attached hydrogen (secondary N) is 2. The molecular formula is C22H26N4O2. The van der Waals surface area contributed by atoms with Crippen LogP contribution < -0.4 is 10.9 Å². The summed E-state index contributed by atoms with van der Waals surface area (Å²) in [5.41, 5.74) is 1.51. The van der Waals surface area contributed by atoms with Crippen LogP contribution in [0.2, 0.25) is 0 Å². The molecular weight excluding hydrogens is 352 g/mol. The van der Waals surface area contributed by atoms with E-state index in [0.717, 1.165) is 12.0 Å². The van der Waals surface area contributed by atoms with Crippen LogP contribution in [0.4, 0.5) is 0 Å². The number of pyridine rings is 1. The third-order valence-electron chi connectivity index (χ3n) is 4.49. The van der Waals surface area contributed by atoms with Crippen LogP contribution in [0.25, 0.3) is 10.9 Å². The first-order valence-corrected chi connectivity index (χ1v) is 9.49. The van der Waals surface area contributed by atoms with Gasteiger partial charge in [0.05, 0.1) is 16.9 Å². The van der Waals surface area contributed by atoms with Crippen LogP contribution in [0, 0.1) is 5.41 Å². The quantitative estimate of drug-likeness (QED) is 0.687. The van der Waals surface area contributed by atoms with E-state index >= 15 is 0 Å². The van der Waals surface area contributed by atoms with Gasteiger partial charge < -0.3 is 10.3 Å². The van der Waals surface area contributed by atoms with Gasteiger partial charge in [0.25, 0.3) is 5.56 Å². The second kappa shape index (κ2) is 8.33. The summed E-state index contributed by atoms with van der Waals surface area (Å²) in [6.45, 7) is 6.44. The van der Waals surface area contributed by atoms with Gasteiger partial charge in [-0.1, -0.05) is 39.0 Å². The number of nitrogens with zero attached hydrogens (tertiary/aromatic N) is 2. The SMILES string of the molecule is CC(C)(C)CC(NC(=O)CCc1nc2ccccc2c(=O)[nH]1)c1cccnc1. The molecule has 0 aliphatic heterocycles. The number of rotatable bonds is 6. The Morgan fingerprint density at radius 1 is 1.18 bits per heavy atom. The normalized spacial score (nSPS) is 12.7. The van der Waals surface area contributed by atoms with Gasteiger partial charge in [-0.3, -0.25) is 14.6 Å². The first-order valence-electron chi connectivity index (χ1n) is 9.49. The highest BCUT2D eigenvalue weighted by Gasteiger charge is 2.22. The highest BCUT2D eigenvalue weighted by molar-refractivity contribution is 5.78. The molecule has 0 saturated heterocycles. The summed E-state index contributed by atoms with van der Waals surface area (Å²) in [7, 11) is 0. The summed E-state index contributed by atoms with van der Waals surface area (Å²) in [5.74, 6) is 0.446. The second-order valence-corrected chi connectivity index (χ2v) is 8.20. The van der Waals surface area contributed by atoms with E-state index in [1.807, 2.05) is 18.2 Å². The van der Waals surface area contributed by atoms with Crippen LogP contribution in [0.15, 0.2) is 53.6 Å². The third kappa shape index (κ3) is 5.25. The van der Waals surface area contributed by atoms with Crippen molar-refractivity contribution in [3.8, 4) is 0 Å². The Morgan fingerprint density at radius 3 is 2.68 bits per heavy atom. The van der Waals surface area contributed by atoms with Gasteiger partial charge in [-0.15, -0.1) is 0 Å². The predicted octanol–water partition coefficient (Wildman–Crippen LogP) is 3.54. The first kappa shape index (κ1) is 19.7. The summed E-state index contributed by atoms with van der Waals surface area (Å²) in [5, 5.41) is 3.67. The average molecular weight is 378 g/mol. The molecule has 3 aromatic rings. The van der Waals surface area contributed by atoms with Gasteiger partial charge in [-0.05, 0) is 35.6 Å². The summed E-state index contributed by atoms with van der Waals surface area (Å²) in [4.78, 5) is 36.1. The van der Waals surface area contributed by atoms with E-state index in [2.05, 4.69) is 41.0 Å². The fourth-order valence-electron chi connectivity index (χ4n) is 3.20. The van der Waals surface area contributed by atoms with E-state index in [1.165, 1.54) is 0 Å². The number of carbonyl (C=O) groups excluding carboxylic acids is 1. The topological polar surface area (TPSA) is 87.7 Å². The lowest BCUT2D eigenvalue weighted by atomic mass is 9.86. The summed E-state index contributed by atoms with van der Waals surface area (Å²) in [6.07, 6.45) is 4.94. The molecule has 0 radical (unpaired) electrons. The minimum absolute atomic E-state index is 0.0545. The molecule has 1 aromatic carbocycles. The molecule has 0 aliphatic rings. The first-order chi connectivity index (χ1) is 13.3. The molecule has 1 amide bonds. The fourth-order valence-corrected chi connectivity index (χ4v) is 3.20. The highest BCUT2D eigenvalue weighted by Crippen LogP contribution is 2.29. The van der Waals surface area contributed by atoms with E-state index in [0.29, 0.717) is 23.1 Å². The number of hydrogen-bond donors (Lipinski definition) is 2. The van der Waals surface area contributed by atoms with Crippen molar-refractivity contribution in [3.05, 3.63) is 70.5 Å². The van der Waals surface area contributed by atoms with Crippen molar-refractivity contribution in [1.82, 2.24) is 20.3 Å². The molecule has 2 N–H and O–H groups in total. The molecule has 3 rings (SSSR count). The van der Waals surface area contributed by atoms with Crippen LogP contribution in [-0.2, 0) is 11.2 Å².